The third-order valence-corrected chi connectivity index (χ3v) is 5.91. The molecule has 0 aliphatic carbocycles. The van der Waals surface area contributed by atoms with Crippen LogP contribution in [0, 0.1) is 5.92 Å². The molecule has 0 spiro atoms. The van der Waals surface area contributed by atoms with Crippen molar-refractivity contribution < 1.29 is 23.1 Å². The van der Waals surface area contributed by atoms with E-state index in [0.717, 1.165) is 0 Å². The normalized spacial score (nSPS) is 33.1. The molecule has 20 heavy (non-hydrogen) atoms. The van der Waals surface area contributed by atoms with Crippen molar-refractivity contribution >= 4 is 21.7 Å². The summed E-state index contributed by atoms with van der Waals surface area (Å²) in [5.74, 6) is -1.37. The average molecular weight is 304 g/mol. The van der Waals surface area contributed by atoms with E-state index < -0.39 is 21.7 Å². The number of aliphatic carboxylic acids is 1. The predicted molar refractivity (Wildman–Crippen MR) is 72.0 cm³/mol. The van der Waals surface area contributed by atoms with E-state index in [1.807, 2.05) is 4.90 Å². The third kappa shape index (κ3) is 3.49. The molecule has 0 bridgehead atoms. The molecule has 3 unspecified atom stereocenters. The number of hydrogen-bond donors (Lipinski definition) is 2. The van der Waals surface area contributed by atoms with Crippen LogP contribution in [0.5, 0.6) is 0 Å². The largest absolute Gasteiger partial charge is 0.481 e. The van der Waals surface area contributed by atoms with Gasteiger partial charge in [-0.1, -0.05) is 0 Å². The number of sulfone groups is 1. The van der Waals surface area contributed by atoms with Gasteiger partial charge in [0.1, 0.15) is 0 Å². The van der Waals surface area contributed by atoms with Crippen LogP contribution in [0.3, 0.4) is 0 Å². The van der Waals surface area contributed by atoms with Crippen LogP contribution >= 0.6 is 0 Å². The highest BCUT2D eigenvalue weighted by Gasteiger charge is 2.37. The topological polar surface area (TPSA) is 104 Å². The molecular formula is C12H20N2O5S. The van der Waals surface area contributed by atoms with Gasteiger partial charge in [-0.2, -0.15) is 0 Å². The van der Waals surface area contributed by atoms with Crippen LogP contribution in [0.4, 0.5) is 0 Å². The Kier molecular flexibility index (Phi) is 4.33. The summed E-state index contributed by atoms with van der Waals surface area (Å²) >= 11 is 0. The summed E-state index contributed by atoms with van der Waals surface area (Å²) in [5, 5.41) is 11.7. The van der Waals surface area contributed by atoms with Crippen molar-refractivity contribution in [1.82, 2.24) is 10.2 Å². The lowest BCUT2D eigenvalue weighted by molar-refractivity contribution is -0.142. The highest BCUT2D eigenvalue weighted by atomic mass is 32.2. The van der Waals surface area contributed by atoms with E-state index in [2.05, 4.69) is 5.32 Å². The second-order valence-corrected chi connectivity index (χ2v) is 7.84. The van der Waals surface area contributed by atoms with Crippen LogP contribution in [0.25, 0.3) is 0 Å². The number of carbonyl (C=O) groups excluding carboxylic acids is 1. The Morgan fingerprint density at radius 3 is 2.55 bits per heavy atom. The van der Waals surface area contributed by atoms with Gasteiger partial charge >= 0.3 is 5.97 Å². The molecule has 2 N–H and O–H groups in total. The van der Waals surface area contributed by atoms with Crippen LogP contribution < -0.4 is 5.32 Å². The molecule has 3 atom stereocenters. The molecule has 2 aliphatic heterocycles. The second kappa shape index (κ2) is 5.69. The molecule has 0 saturated carbocycles. The number of nitrogens with zero attached hydrogens (tertiary/aromatic N) is 1. The Hall–Kier alpha value is -1.15. The first-order valence-corrected chi connectivity index (χ1v) is 8.57. The minimum absolute atomic E-state index is 0.00600. The number of amides is 1. The molecule has 0 aromatic heterocycles. The molecular weight excluding hydrogens is 284 g/mol. The maximum absolute atomic E-state index is 11.9. The zero-order valence-electron chi connectivity index (χ0n) is 11.4. The van der Waals surface area contributed by atoms with Crippen LogP contribution in [0.15, 0.2) is 0 Å². The summed E-state index contributed by atoms with van der Waals surface area (Å²) < 4.78 is 22.6. The van der Waals surface area contributed by atoms with E-state index in [1.54, 1.807) is 6.92 Å². The van der Waals surface area contributed by atoms with Gasteiger partial charge in [-0.15, -0.1) is 0 Å². The van der Waals surface area contributed by atoms with Crippen LogP contribution in [0.1, 0.15) is 19.8 Å². The van der Waals surface area contributed by atoms with Gasteiger partial charge in [-0.25, -0.2) is 8.42 Å². The fraction of sp³-hybridized carbons (Fsp3) is 0.833. The number of carboxylic acids is 1. The van der Waals surface area contributed by atoms with E-state index in [0.29, 0.717) is 19.4 Å². The fourth-order valence-electron chi connectivity index (χ4n) is 2.92. The van der Waals surface area contributed by atoms with E-state index >= 15 is 0 Å². The van der Waals surface area contributed by atoms with E-state index in [1.165, 1.54) is 0 Å². The standard InChI is InChI=1S/C12H20N2O5S/c1-8-10(12(16)17)2-4-14(8)6-11(15)13-9-3-5-20(18,19)7-9/h8-10H,2-7H2,1H3,(H,13,15)(H,16,17). The number of carboxylic acid groups (broad SMARTS) is 1. The molecule has 2 fully saturated rings. The van der Waals surface area contributed by atoms with Crippen molar-refractivity contribution in [3.63, 3.8) is 0 Å². The van der Waals surface area contributed by atoms with E-state index in [4.69, 9.17) is 5.11 Å². The minimum atomic E-state index is -3.01. The monoisotopic (exact) mass is 304 g/mol. The highest BCUT2D eigenvalue weighted by Crippen LogP contribution is 2.23. The molecule has 1 amide bonds. The van der Waals surface area contributed by atoms with Gasteiger partial charge in [0.15, 0.2) is 9.84 Å². The fourth-order valence-corrected chi connectivity index (χ4v) is 4.60. The molecule has 2 aliphatic rings. The van der Waals surface area contributed by atoms with Crippen molar-refractivity contribution in [3.05, 3.63) is 0 Å². The minimum Gasteiger partial charge on any atom is -0.481 e. The molecule has 8 heteroatoms. The van der Waals surface area contributed by atoms with Gasteiger partial charge in [0, 0.05) is 12.1 Å². The Bertz CT molecular complexity index is 504. The molecule has 0 aromatic carbocycles. The first-order chi connectivity index (χ1) is 9.28. The Morgan fingerprint density at radius 1 is 1.35 bits per heavy atom. The summed E-state index contributed by atoms with van der Waals surface area (Å²) in [6.45, 7) is 2.51. The Balaban J connectivity index is 1.82. The van der Waals surface area contributed by atoms with E-state index in [9.17, 15) is 18.0 Å². The van der Waals surface area contributed by atoms with Gasteiger partial charge in [0.2, 0.25) is 5.91 Å². The molecule has 7 nitrogen and oxygen atoms in total. The summed E-state index contributed by atoms with van der Waals surface area (Å²) in [7, 11) is -3.01. The number of rotatable bonds is 4. The van der Waals surface area contributed by atoms with Gasteiger partial charge in [0.25, 0.3) is 0 Å². The summed E-state index contributed by atoms with van der Waals surface area (Å²) in [5.41, 5.74) is 0. The van der Waals surface area contributed by atoms with Crippen LogP contribution in [-0.4, -0.2) is 67.0 Å². The molecule has 2 saturated heterocycles. The number of carbonyl (C=O) groups is 2. The number of likely N-dealkylation sites (tertiary alicyclic amines) is 1. The summed E-state index contributed by atoms with van der Waals surface area (Å²) in [4.78, 5) is 24.7. The summed E-state index contributed by atoms with van der Waals surface area (Å²) in [6.07, 6.45) is 1.00. The third-order valence-electron chi connectivity index (χ3n) is 4.15. The molecule has 114 valence electrons. The maximum atomic E-state index is 11.9. The highest BCUT2D eigenvalue weighted by molar-refractivity contribution is 7.91. The molecule has 0 radical (unpaired) electrons. The van der Waals surface area contributed by atoms with Crippen LogP contribution in [0.2, 0.25) is 0 Å². The lowest BCUT2D eigenvalue weighted by Crippen LogP contribution is -2.44. The first-order valence-electron chi connectivity index (χ1n) is 6.75. The molecule has 2 rings (SSSR count). The zero-order chi connectivity index (χ0) is 14.9. The summed E-state index contributed by atoms with van der Waals surface area (Å²) in [6, 6.07) is -0.480. The smallest absolute Gasteiger partial charge is 0.308 e. The van der Waals surface area contributed by atoms with Gasteiger partial charge in [-0.05, 0) is 26.3 Å². The van der Waals surface area contributed by atoms with Crippen LogP contribution in [-0.2, 0) is 19.4 Å². The SMILES string of the molecule is CC1C(C(=O)O)CCN1CC(=O)NC1CCS(=O)(=O)C1. The van der Waals surface area contributed by atoms with Crippen molar-refractivity contribution in [2.75, 3.05) is 24.6 Å². The van der Waals surface area contributed by atoms with Gasteiger partial charge in [0.05, 0.1) is 24.0 Å². The second-order valence-electron chi connectivity index (χ2n) is 5.61. The van der Waals surface area contributed by atoms with Crippen molar-refractivity contribution in [2.45, 2.75) is 31.8 Å². The maximum Gasteiger partial charge on any atom is 0.308 e. The number of hydrogen-bond acceptors (Lipinski definition) is 5. The van der Waals surface area contributed by atoms with Crippen molar-refractivity contribution in [3.8, 4) is 0 Å². The first kappa shape index (κ1) is 15.2. The predicted octanol–water partition coefficient (Wildman–Crippen LogP) is -0.915. The average Bonchev–Trinajstić information content (AvgIpc) is 2.83. The van der Waals surface area contributed by atoms with Gasteiger partial charge < -0.3 is 10.4 Å². The Morgan fingerprint density at radius 2 is 2.05 bits per heavy atom. The lowest BCUT2D eigenvalue weighted by atomic mass is 10.0. The van der Waals surface area contributed by atoms with Gasteiger partial charge in [-0.3, -0.25) is 14.5 Å². The lowest BCUT2D eigenvalue weighted by Gasteiger charge is -2.23. The Labute approximate surface area is 118 Å². The molecule has 0 aromatic rings. The number of nitrogens with one attached hydrogen (secondary N) is 1. The van der Waals surface area contributed by atoms with E-state index in [-0.39, 0.29) is 36.0 Å². The van der Waals surface area contributed by atoms with Crippen molar-refractivity contribution in [2.24, 2.45) is 5.92 Å². The van der Waals surface area contributed by atoms with Crippen molar-refractivity contribution in [1.29, 1.82) is 0 Å². The zero-order valence-corrected chi connectivity index (χ0v) is 12.2. The quantitative estimate of drug-likeness (QED) is 0.696. The molecule has 2 heterocycles.